The SMILES string of the molecule is CC(C)Oc1cccc(C[C@@H](C)N)n1. The van der Waals surface area contributed by atoms with Crippen LogP contribution in [0.2, 0.25) is 0 Å². The van der Waals surface area contributed by atoms with Crippen molar-refractivity contribution in [1.29, 1.82) is 0 Å². The van der Waals surface area contributed by atoms with Crippen molar-refractivity contribution in [3.8, 4) is 5.88 Å². The second kappa shape index (κ2) is 4.96. The second-order valence-electron chi connectivity index (χ2n) is 3.82. The molecule has 1 aromatic heterocycles. The fraction of sp³-hybridized carbons (Fsp3) is 0.545. The molecule has 1 rings (SSSR count). The first-order valence-corrected chi connectivity index (χ1v) is 4.96. The van der Waals surface area contributed by atoms with E-state index in [9.17, 15) is 0 Å². The number of nitrogens with zero attached hydrogens (tertiary/aromatic N) is 1. The van der Waals surface area contributed by atoms with Crippen LogP contribution in [0.5, 0.6) is 5.88 Å². The van der Waals surface area contributed by atoms with Gasteiger partial charge in [-0.15, -0.1) is 0 Å². The molecule has 1 atom stereocenters. The first-order chi connectivity index (χ1) is 6.58. The average Bonchev–Trinajstić information content (AvgIpc) is 2.01. The van der Waals surface area contributed by atoms with Crippen molar-refractivity contribution >= 4 is 0 Å². The van der Waals surface area contributed by atoms with E-state index in [1.807, 2.05) is 39.0 Å². The minimum absolute atomic E-state index is 0.136. The van der Waals surface area contributed by atoms with E-state index in [1.165, 1.54) is 0 Å². The molecule has 2 N–H and O–H groups in total. The van der Waals surface area contributed by atoms with Crippen LogP contribution in [0, 0.1) is 0 Å². The van der Waals surface area contributed by atoms with E-state index in [1.54, 1.807) is 0 Å². The summed E-state index contributed by atoms with van der Waals surface area (Å²) in [4.78, 5) is 4.35. The highest BCUT2D eigenvalue weighted by Crippen LogP contribution is 2.10. The van der Waals surface area contributed by atoms with Gasteiger partial charge in [0.2, 0.25) is 5.88 Å². The van der Waals surface area contributed by atoms with Crippen molar-refractivity contribution in [2.45, 2.75) is 39.3 Å². The summed E-state index contributed by atoms with van der Waals surface area (Å²) in [5, 5.41) is 0. The number of nitrogens with two attached hydrogens (primary N) is 1. The Morgan fingerprint density at radius 2 is 2.07 bits per heavy atom. The molecule has 0 radical (unpaired) electrons. The zero-order chi connectivity index (χ0) is 10.6. The highest BCUT2D eigenvalue weighted by Gasteiger charge is 2.02. The lowest BCUT2D eigenvalue weighted by atomic mass is 10.2. The highest BCUT2D eigenvalue weighted by atomic mass is 16.5. The lowest BCUT2D eigenvalue weighted by Gasteiger charge is -2.10. The number of rotatable bonds is 4. The van der Waals surface area contributed by atoms with E-state index in [0.717, 1.165) is 12.1 Å². The van der Waals surface area contributed by atoms with Crippen LogP contribution in [-0.4, -0.2) is 17.1 Å². The fourth-order valence-electron chi connectivity index (χ4n) is 1.21. The Balaban J connectivity index is 2.68. The lowest BCUT2D eigenvalue weighted by molar-refractivity contribution is 0.232. The van der Waals surface area contributed by atoms with Crippen molar-refractivity contribution in [3.05, 3.63) is 23.9 Å². The maximum atomic E-state index is 5.69. The smallest absolute Gasteiger partial charge is 0.213 e. The zero-order valence-corrected chi connectivity index (χ0v) is 9.03. The van der Waals surface area contributed by atoms with Gasteiger partial charge >= 0.3 is 0 Å². The minimum atomic E-state index is 0.136. The topological polar surface area (TPSA) is 48.1 Å². The van der Waals surface area contributed by atoms with Gasteiger partial charge in [-0.25, -0.2) is 4.98 Å². The van der Waals surface area contributed by atoms with Gasteiger partial charge in [-0.05, 0) is 26.8 Å². The van der Waals surface area contributed by atoms with Gasteiger partial charge in [-0.1, -0.05) is 6.07 Å². The van der Waals surface area contributed by atoms with Gasteiger partial charge in [-0.3, -0.25) is 0 Å². The van der Waals surface area contributed by atoms with E-state index >= 15 is 0 Å². The minimum Gasteiger partial charge on any atom is -0.475 e. The first kappa shape index (κ1) is 11.0. The van der Waals surface area contributed by atoms with E-state index in [4.69, 9.17) is 10.5 Å². The maximum Gasteiger partial charge on any atom is 0.213 e. The average molecular weight is 194 g/mol. The number of hydrogen-bond donors (Lipinski definition) is 1. The van der Waals surface area contributed by atoms with Gasteiger partial charge in [0.25, 0.3) is 0 Å². The summed E-state index contributed by atoms with van der Waals surface area (Å²) in [5.74, 6) is 0.679. The molecule has 1 heterocycles. The third-order valence-corrected chi connectivity index (χ3v) is 1.67. The molecule has 1 aromatic rings. The van der Waals surface area contributed by atoms with Crippen LogP contribution in [-0.2, 0) is 6.42 Å². The Kier molecular flexibility index (Phi) is 3.89. The van der Waals surface area contributed by atoms with Gasteiger partial charge < -0.3 is 10.5 Å². The van der Waals surface area contributed by atoms with Gasteiger partial charge in [0.05, 0.1) is 6.10 Å². The number of hydrogen-bond acceptors (Lipinski definition) is 3. The molecule has 0 aromatic carbocycles. The predicted molar refractivity (Wildman–Crippen MR) is 57.4 cm³/mol. The number of aromatic nitrogens is 1. The van der Waals surface area contributed by atoms with Crippen molar-refractivity contribution in [1.82, 2.24) is 4.98 Å². The molecule has 0 unspecified atom stereocenters. The summed E-state index contributed by atoms with van der Waals surface area (Å²) < 4.78 is 5.48. The summed E-state index contributed by atoms with van der Waals surface area (Å²) in [6, 6.07) is 5.92. The van der Waals surface area contributed by atoms with Crippen LogP contribution in [0.3, 0.4) is 0 Å². The molecule has 78 valence electrons. The van der Waals surface area contributed by atoms with Crippen LogP contribution in [0.4, 0.5) is 0 Å². The molecule has 0 fully saturated rings. The Morgan fingerprint density at radius 1 is 1.36 bits per heavy atom. The van der Waals surface area contributed by atoms with Crippen molar-refractivity contribution in [2.24, 2.45) is 5.73 Å². The molecule has 0 saturated carbocycles. The predicted octanol–water partition coefficient (Wildman–Crippen LogP) is 1.76. The molecule has 14 heavy (non-hydrogen) atoms. The summed E-state index contributed by atoms with van der Waals surface area (Å²) in [7, 11) is 0. The lowest BCUT2D eigenvalue weighted by Crippen LogP contribution is -2.18. The third-order valence-electron chi connectivity index (χ3n) is 1.67. The third kappa shape index (κ3) is 3.75. The van der Waals surface area contributed by atoms with Crippen LogP contribution in [0.15, 0.2) is 18.2 Å². The van der Waals surface area contributed by atoms with Crippen LogP contribution in [0.25, 0.3) is 0 Å². The van der Waals surface area contributed by atoms with E-state index in [2.05, 4.69) is 4.98 Å². The Labute approximate surface area is 85.3 Å². The summed E-state index contributed by atoms with van der Waals surface area (Å²) in [6.45, 7) is 5.94. The van der Waals surface area contributed by atoms with Crippen LogP contribution >= 0.6 is 0 Å². The van der Waals surface area contributed by atoms with Crippen LogP contribution < -0.4 is 10.5 Å². The monoisotopic (exact) mass is 194 g/mol. The van der Waals surface area contributed by atoms with Crippen molar-refractivity contribution in [2.75, 3.05) is 0 Å². The molecular weight excluding hydrogens is 176 g/mol. The highest BCUT2D eigenvalue weighted by molar-refractivity contribution is 5.16. The second-order valence-corrected chi connectivity index (χ2v) is 3.82. The van der Waals surface area contributed by atoms with Crippen molar-refractivity contribution in [3.63, 3.8) is 0 Å². The number of pyridine rings is 1. The molecule has 0 bridgehead atoms. The standard InChI is InChI=1S/C11H18N2O/c1-8(2)14-11-6-4-5-10(13-11)7-9(3)12/h4-6,8-9H,7,12H2,1-3H3/t9-/m1/s1. The molecule has 0 saturated heterocycles. The largest absolute Gasteiger partial charge is 0.475 e. The van der Waals surface area contributed by atoms with Crippen LogP contribution in [0.1, 0.15) is 26.5 Å². The Hall–Kier alpha value is -1.09. The number of ether oxygens (including phenoxy) is 1. The quantitative estimate of drug-likeness (QED) is 0.794. The molecule has 3 nitrogen and oxygen atoms in total. The fourth-order valence-corrected chi connectivity index (χ4v) is 1.21. The van der Waals surface area contributed by atoms with Gasteiger partial charge in [-0.2, -0.15) is 0 Å². The summed E-state index contributed by atoms with van der Waals surface area (Å²) in [6.07, 6.45) is 0.947. The van der Waals surface area contributed by atoms with Gasteiger partial charge in [0, 0.05) is 24.2 Å². The normalized spacial score (nSPS) is 12.9. The van der Waals surface area contributed by atoms with Gasteiger partial charge in [0.1, 0.15) is 0 Å². The van der Waals surface area contributed by atoms with E-state index in [0.29, 0.717) is 5.88 Å². The molecule has 0 aliphatic heterocycles. The molecule has 0 spiro atoms. The van der Waals surface area contributed by atoms with E-state index in [-0.39, 0.29) is 12.1 Å². The van der Waals surface area contributed by atoms with Crippen molar-refractivity contribution < 1.29 is 4.74 Å². The summed E-state index contributed by atoms with van der Waals surface area (Å²) >= 11 is 0. The molecule has 0 aliphatic carbocycles. The summed E-state index contributed by atoms with van der Waals surface area (Å²) in [5.41, 5.74) is 6.68. The van der Waals surface area contributed by atoms with Gasteiger partial charge in [0.15, 0.2) is 0 Å². The Morgan fingerprint density at radius 3 is 2.64 bits per heavy atom. The molecule has 0 aliphatic rings. The Bertz CT molecular complexity index is 259. The van der Waals surface area contributed by atoms with E-state index < -0.39 is 0 Å². The zero-order valence-electron chi connectivity index (χ0n) is 9.03. The molecular formula is C11H18N2O. The maximum absolute atomic E-state index is 5.69. The molecule has 3 heteroatoms. The molecule has 0 amide bonds. The first-order valence-electron chi connectivity index (χ1n) is 4.96.